The Morgan fingerprint density at radius 3 is 2.82 bits per heavy atom. The molecule has 1 aromatic rings. The number of carbonyl (C=O) groups is 1. The van der Waals surface area contributed by atoms with Crippen molar-refractivity contribution in [3.63, 3.8) is 0 Å². The fourth-order valence-electron chi connectivity index (χ4n) is 1.11. The van der Waals surface area contributed by atoms with Gasteiger partial charge in [0.2, 0.25) is 0 Å². The van der Waals surface area contributed by atoms with E-state index in [1.807, 2.05) is 0 Å². The zero-order valence-electron chi connectivity index (χ0n) is 8.71. The third-order valence-corrected chi connectivity index (χ3v) is 2.64. The lowest BCUT2D eigenvalue weighted by molar-refractivity contribution is 0.0507. The number of esters is 1. The summed E-state index contributed by atoms with van der Waals surface area (Å²) in [4.78, 5) is 15.0. The number of ether oxygens (including phenoxy) is 1. The first-order chi connectivity index (χ1) is 8.01. The van der Waals surface area contributed by atoms with Crippen molar-refractivity contribution >= 4 is 28.6 Å². The lowest BCUT2D eigenvalue weighted by Crippen LogP contribution is -2.13. The maximum absolute atomic E-state index is 12.7. The number of carbonyl (C=O) groups excluding carboxylic acids is 1. The molecular formula is C10H7F2IN2O2. The van der Waals surface area contributed by atoms with Crippen molar-refractivity contribution in [2.75, 3.05) is 6.61 Å². The number of hydrogen-bond donors (Lipinski definition) is 0. The van der Waals surface area contributed by atoms with E-state index in [1.54, 1.807) is 35.6 Å². The second-order valence-electron chi connectivity index (χ2n) is 2.89. The average molecular weight is 352 g/mol. The van der Waals surface area contributed by atoms with Gasteiger partial charge in [-0.3, -0.25) is 0 Å². The molecule has 0 atom stereocenters. The van der Waals surface area contributed by atoms with Crippen LogP contribution in [-0.2, 0) is 4.74 Å². The maximum Gasteiger partial charge on any atom is 0.357 e. The highest BCUT2D eigenvalue weighted by Crippen LogP contribution is 2.25. The summed E-state index contributed by atoms with van der Waals surface area (Å²) < 4.78 is 30.3. The molecule has 1 aromatic heterocycles. The minimum absolute atomic E-state index is 0.0526. The van der Waals surface area contributed by atoms with E-state index < -0.39 is 23.7 Å². The highest BCUT2D eigenvalue weighted by atomic mass is 127. The molecule has 17 heavy (non-hydrogen) atoms. The molecular weight excluding hydrogens is 345 g/mol. The van der Waals surface area contributed by atoms with E-state index in [-0.39, 0.29) is 15.9 Å². The van der Waals surface area contributed by atoms with Gasteiger partial charge in [-0.15, -0.1) is 0 Å². The molecule has 0 saturated heterocycles. The molecule has 0 bridgehead atoms. The predicted molar refractivity (Wildman–Crippen MR) is 62.6 cm³/mol. The quantitative estimate of drug-likeness (QED) is 0.620. The molecule has 0 unspecified atom stereocenters. The van der Waals surface area contributed by atoms with Crippen molar-refractivity contribution in [1.29, 1.82) is 5.26 Å². The minimum atomic E-state index is -2.84. The summed E-state index contributed by atoms with van der Waals surface area (Å²) in [7, 11) is 0. The van der Waals surface area contributed by atoms with Crippen molar-refractivity contribution in [2.24, 2.45) is 0 Å². The fraction of sp³-hybridized carbons (Fsp3) is 0.300. The van der Waals surface area contributed by atoms with Crippen LogP contribution in [0.3, 0.4) is 0 Å². The molecule has 0 radical (unpaired) electrons. The SMILES string of the molecule is CCOC(=O)c1nc(C#N)c(I)cc1C(F)F. The zero-order chi connectivity index (χ0) is 13.0. The van der Waals surface area contributed by atoms with Gasteiger partial charge >= 0.3 is 5.97 Å². The largest absolute Gasteiger partial charge is 0.461 e. The number of nitrogens with zero attached hydrogens (tertiary/aromatic N) is 2. The van der Waals surface area contributed by atoms with Gasteiger partial charge in [-0.25, -0.2) is 18.6 Å². The average Bonchev–Trinajstić information content (AvgIpc) is 2.28. The molecule has 90 valence electrons. The number of hydrogen-bond acceptors (Lipinski definition) is 4. The van der Waals surface area contributed by atoms with Gasteiger partial charge in [-0.2, -0.15) is 5.26 Å². The van der Waals surface area contributed by atoms with Gasteiger partial charge in [0.1, 0.15) is 6.07 Å². The van der Waals surface area contributed by atoms with Crippen molar-refractivity contribution in [2.45, 2.75) is 13.3 Å². The minimum Gasteiger partial charge on any atom is -0.461 e. The summed E-state index contributed by atoms with van der Waals surface area (Å²) >= 11 is 1.71. The number of halogens is 3. The number of pyridine rings is 1. The number of rotatable bonds is 3. The molecule has 7 heteroatoms. The van der Waals surface area contributed by atoms with Gasteiger partial charge < -0.3 is 4.74 Å². The smallest absolute Gasteiger partial charge is 0.357 e. The van der Waals surface area contributed by atoms with E-state index in [2.05, 4.69) is 9.72 Å². The molecule has 1 heterocycles. The molecule has 0 aliphatic heterocycles. The van der Waals surface area contributed by atoms with E-state index >= 15 is 0 Å². The maximum atomic E-state index is 12.7. The van der Waals surface area contributed by atoms with Gasteiger partial charge in [0.25, 0.3) is 6.43 Å². The molecule has 4 nitrogen and oxygen atoms in total. The van der Waals surface area contributed by atoms with E-state index in [9.17, 15) is 13.6 Å². The molecule has 0 fully saturated rings. The van der Waals surface area contributed by atoms with E-state index in [1.165, 1.54) is 0 Å². The third-order valence-electron chi connectivity index (χ3n) is 1.82. The summed E-state index contributed by atoms with van der Waals surface area (Å²) in [6, 6.07) is 2.80. The Bertz CT molecular complexity index is 486. The summed E-state index contributed by atoms with van der Waals surface area (Å²) in [5.41, 5.74) is -1.09. The molecule has 0 aliphatic rings. The molecule has 0 spiro atoms. The Labute approximate surface area is 110 Å². The Morgan fingerprint density at radius 2 is 2.35 bits per heavy atom. The standard InChI is InChI=1S/C10H7F2IN2O2/c1-2-17-10(16)8-5(9(11)12)3-6(13)7(4-14)15-8/h3,9H,2H2,1H3. The van der Waals surface area contributed by atoms with Crippen molar-refractivity contribution < 1.29 is 18.3 Å². The van der Waals surface area contributed by atoms with E-state index in [0.717, 1.165) is 6.07 Å². The van der Waals surface area contributed by atoms with E-state index in [0.29, 0.717) is 0 Å². The van der Waals surface area contributed by atoms with Gasteiger partial charge in [0.05, 0.1) is 15.7 Å². The summed E-state index contributed by atoms with van der Waals surface area (Å²) in [5, 5.41) is 8.73. The topological polar surface area (TPSA) is 63.0 Å². The second kappa shape index (κ2) is 5.86. The molecule has 0 aliphatic carbocycles. The monoisotopic (exact) mass is 352 g/mol. The van der Waals surface area contributed by atoms with Crippen LogP contribution in [0.4, 0.5) is 8.78 Å². The Morgan fingerprint density at radius 1 is 1.71 bits per heavy atom. The Balaban J connectivity index is 3.35. The molecule has 0 N–H and O–H groups in total. The van der Waals surface area contributed by atoms with Crippen molar-refractivity contribution in [3.8, 4) is 6.07 Å². The van der Waals surface area contributed by atoms with Crippen LogP contribution >= 0.6 is 22.6 Å². The summed E-state index contributed by atoms with van der Waals surface area (Å²) in [6.07, 6.45) is -2.84. The molecule has 1 rings (SSSR count). The van der Waals surface area contributed by atoms with Crippen LogP contribution in [0.25, 0.3) is 0 Å². The van der Waals surface area contributed by atoms with Crippen LogP contribution in [0.5, 0.6) is 0 Å². The van der Waals surface area contributed by atoms with Gasteiger partial charge in [-0.05, 0) is 35.6 Å². The van der Waals surface area contributed by atoms with Crippen LogP contribution in [0.15, 0.2) is 6.07 Å². The van der Waals surface area contributed by atoms with Crippen LogP contribution in [0.2, 0.25) is 0 Å². The first kappa shape index (κ1) is 13.8. The fourth-order valence-corrected chi connectivity index (χ4v) is 1.69. The molecule has 0 aromatic carbocycles. The Hall–Kier alpha value is -1.30. The van der Waals surface area contributed by atoms with Crippen LogP contribution in [0, 0.1) is 14.9 Å². The second-order valence-corrected chi connectivity index (χ2v) is 4.05. The third kappa shape index (κ3) is 3.09. The highest BCUT2D eigenvalue weighted by molar-refractivity contribution is 14.1. The predicted octanol–water partition coefficient (Wildman–Crippen LogP) is 2.67. The van der Waals surface area contributed by atoms with Crippen LogP contribution in [0.1, 0.15) is 35.1 Å². The first-order valence-corrected chi connectivity index (χ1v) is 5.65. The number of nitriles is 1. The Kier molecular flexibility index (Phi) is 4.74. The lowest BCUT2D eigenvalue weighted by atomic mass is 10.2. The summed E-state index contributed by atoms with van der Waals surface area (Å²) in [6.45, 7) is 1.61. The van der Waals surface area contributed by atoms with Crippen LogP contribution in [-0.4, -0.2) is 17.6 Å². The van der Waals surface area contributed by atoms with Gasteiger partial charge in [-0.1, -0.05) is 0 Å². The summed E-state index contributed by atoms with van der Waals surface area (Å²) in [5.74, 6) is -0.948. The van der Waals surface area contributed by atoms with E-state index in [4.69, 9.17) is 5.26 Å². The molecule has 0 saturated carbocycles. The first-order valence-electron chi connectivity index (χ1n) is 4.57. The lowest BCUT2D eigenvalue weighted by Gasteiger charge is -2.08. The van der Waals surface area contributed by atoms with Crippen LogP contribution < -0.4 is 0 Å². The molecule has 0 amide bonds. The number of aromatic nitrogens is 1. The normalized spacial score (nSPS) is 10.1. The van der Waals surface area contributed by atoms with Crippen molar-refractivity contribution in [3.05, 3.63) is 26.6 Å². The van der Waals surface area contributed by atoms with Gasteiger partial charge in [0.15, 0.2) is 11.4 Å². The van der Waals surface area contributed by atoms with Crippen molar-refractivity contribution in [1.82, 2.24) is 4.98 Å². The zero-order valence-corrected chi connectivity index (χ0v) is 10.9. The number of alkyl halides is 2. The van der Waals surface area contributed by atoms with Gasteiger partial charge in [0, 0.05) is 0 Å². The highest BCUT2D eigenvalue weighted by Gasteiger charge is 2.23.